The van der Waals surface area contributed by atoms with Crippen LogP contribution in [-0.2, 0) is 4.79 Å². The number of aliphatic carboxylic acids is 1. The lowest BCUT2D eigenvalue weighted by atomic mass is 9.98. The molecule has 0 spiro atoms. The minimum Gasteiger partial charge on any atom is -0.481 e. The van der Waals surface area contributed by atoms with Crippen LogP contribution in [0.15, 0.2) is 45.9 Å². The minimum atomic E-state index is -0.664. The first-order chi connectivity index (χ1) is 11.2. The zero-order valence-corrected chi connectivity index (χ0v) is 13.8. The number of carboxylic acids is 1. The van der Waals surface area contributed by atoms with E-state index >= 15 is 0 Å². The molecule has 0 saturated carbocycles. The maximum Gasteiger partial charge on any atom is 0.307 e. The van der Waals surface area contributed by atoms with Gasteiger partial charge in [0.15, 0.2) is 0 Å². The highest BCUT2D eigenvalue weighted by atomic mass is 32.1. The Labute approximate surface area is 140 Å². The Morgan fingerprint density at radius 2 is 2.35 bits per heavy atom. The van der Waals surface area contributed by atoms with Crippen LogP contribution in [0.2, 0.25) is 0 Å². The highest BCUT2D eigenvalue weighted by Gasteiger charge is 2.24. The molecule has 4 nitrogen and oxygen atoms in total. The van der Waals surface area contributed by atoms with Gasteiger partial charge < -0.3 is 14.4 Å². The highest BCUT2D eigenvalue weighted by molar-refractivity contribution is 7.08. The Morgan fingerprint density at radius 3 is 3.04 bits per heavy atom. The number of thiophene rings is 1. The standard InChI is InChI=1S/C18H21NO3S/c20-18(21)14-3-1-7-19(11-14)8-2-4-17(15-5-9-22-12-15)16-6-10-23-13-16/h4-6,9-10,12-14H,1-3,7-8,11H2,(H,20,21)/b17-4-. The van der Waals surface area contributed by atoms with Crippen molar-refractivity contribution in [1.82, 2.24) is 4.90 Å². The van der Waals surface area contributed by atoms with E-state index in [0.717, 1.165) is 37.9 Å². The second kappa shape index (κ2) is 7.62. The summed E-state index contributed by atoms with van der Waals surface area (Å²) in [6, 6.07) is 4.09. The van der Waals surface area contributed by atoms with Crippen molar-refractivity contribution in [1.29, 1.82) is 0 Å². The molecule has 0 radical (unpaired) electrons. The average Bonchev–Trinajstić information content (AvgIpc) is 3.25. The van der Waals surface area contributed by atoms with Crippen LogP contribution < -0.4 is 0 Å². The van der Waals surface area contributed by atoms with Crippen molar-refractivity contribution in [3.63, 3.8) is 0 Å². The van der Waals surface area contributed by atoms with E-state index in [1.165, 1.54) is 11.1 Å². The molecular weight excluding hydrogens is 310 g/mol. The summed E-state index contributed by atoms with van der Waals surface area (Å²) in [6.07, 6.45) is 8.37. The van der Waals surface area contributed by atoms with Gasteiger partial charge in [0.1, 0.15) is 0 Å². The number of furan rings is 1. The van der Waals surface area contributed by atoms with E-state index in [9.17, 15) is 9.90 Å². The van der Waals surface area contributed by atoms with Gasteiger partial charge in [-0.3, -0.25) is 4.79 Å². The van der Waals surface area contributed by atoms with Gasteiger partial charge in [0, 0.05) is 18.7 Å². The third-order valence-electron chi connectivity index (χ3n) is 4.31. The maximum absolute atomic E-state index is 11.1. The number of likely N-dealkylation sites (tertiary alicyclic amines) is 1. The zero-order chi connectivity index (χ0) is 16.1. The number of carbonyl (C=O) groups is 1. The van der Waals surface area contributed by atoms with Gasteiger partial charge in [-0.25, -0.2) is 0 Å². The van der Waals surface area contributed by atoms with Crippen molar-refractivity contribution in [2.24, 2.45) is 5.92 Å². The molecular formula is C18H21NO3S. The lowest BCUT2D eigenvalue weighted by Gasteiger charge is -2.30. The number of nitrogens with zero attached hydrogens (tertiary/aromatic N) is 1. The van der Waals surface area contributed by atoms with Crippen molar-refractivity contribution in [3.05, 3.63) is 52.6 Å². The third-order valence-corrected chi connectivity index (χ3v) is 5.00. The van der Waals surface area contributed by atoms with Crippen molar-refractivity contribution in [3.8, 4) is 0 Å². The number of rotatable bonds is 6. The highest BCUT2D eigenvalue weighted by Crippen LogP contribution is 2.26. The van der Waals surface area contributed by atoms with Gasteiger partial charge >= 0.3 is 5.97 Å². The van der Waals surface area contributed by atoms with E-state index in [1.54, 1.807) is 23.9 Å². The van der Waals surface area contributed by atoms with E-state index in [-0.39, 0.29) is 5.92 Å². The van der Waals surface area contributed by atoms with Crippen LogP contribution in [0.1, 0.15) is 30.4 Å². The Hall–Kier alpha value is -1.85. The maximum atomic E-state index is 11.1. The molecule has 2 aromatic heterocycles. The summed E-state index contributed by atoms with van der Waals surface area (Å²) in [7, 11) is 0. The van der Waals surface area contributed by atoms with E-state index in [4.69, 9.17) is 4.42 Å². The van der Waals surface area contributed by atoms with Gasteiger partial charge in [0.05, 0.1) is 18.4 Å². The summed E-state index contributed by atoms with van der Waals surface area (Å²) in [5.74, 6) is -0.874. The van der Waals surface area contributed by atoms with Crippen LogP contribution >= 0.6 is 11.3 Å². The fraction of sp³-hybridized carbons (Fsp3) is 0.389. The quantitative estimate of drug-likeness (QED) is 0.870. The van der Waals surface area contributed by atoms with Crippen molar-refractivity contribution >= 4 is 22.9 Å². The molecule has 3 heterocycles. The summed E-state index contributed by atoms with van der Waals surface area (Å²) < 4.78 is 5.22. The molecule has 1 unspecified atom stereocenters. The van der Waals surface area contributed by atoms with E-state index < -0.39 is 5.97 Å². The first kappa shape index (κ1) is 16.0. The first-order valence-corrected chi connectivity index (χ1v) is 8.89. The third kappa shape index (κ3) is 4.12. The molecule has 0 amide bonds. The van der Waals surface area contributed by atoms with E-state index in [0.29, 0.717) is 6.54 Å². The Morgan fingerprint density at radius 1 is 1.43 bits per heavy atom. The molecule has 1 N–H and O–H groups in total. The predicted molar refractivity (Wildman–Crippen MR) is 91.5 cm³/mol. The topological polar surface area (TPSA) is 53.7 Å². The van der Waals surface area contributed by atoms with Crippen LogP contribution in [0.5, 0.6) is 0 Å². The summed E-state index contributed by atoms with van der Waals surface area (Å²) >= 11 is 1.68. The van der Waals surface area contributed by atoms with E-state index in [1.807, 2.05) is 6.07 Å². The number of hydrogen-bond acceptors (Lipinski definition) is 4. The predicted octanol–water partition coefficient (Wildman–Crippen LogP) is 3.96. The molecule has 1 aliphatic heterocycles. The van der Waals surface area contributed by atoms with Crippen LogP contribution in [0.4, 0.5) is 0 Å². The summed E-state index contributed by atoms with van der Waals surface area (Å²) in [6.45, 7) is 2.56. The van der Waals surface area contributed by atoms with Gasteiger partial charge in [0.25, 0.3) is 0 Å². The van der Waals surface area contributed by atoms with Gasteiger partial charge in [-0.1, -0.05) is 6.08 Å². The normalized spacial score (nSPS) is 19.8. The monoisotopic (exact) mass is 331 g/mol. The van der Waals surface area contributed by atoms with Crippen molar-refractivity contribution in [2.45, 2.75) is 19.3 Å². The first-order valence-electron chi connectivity index (χ1n) is 7.94. The second-order valence-electron chi connectivity index (χ2n) is 5.91. The van der Waals surface area contributed by atoms with Crippen LogP contribution in [0, 0.1) is 5.92 Å². The Bertz CT molecular complexity index is 610. The lowest BCUT2D eigenvalue weighted by molar-refractivity contribution is -0.143. The average molecular weight is 331 g/mol. The molecule has 0 aliphatic carbocycles. The smallest absolute Gasteiger partial charge is 0.307 e. The fourth-order valence-electron chi connectivity index (χ4n) is 3.09. The molecule has 2 aromatic rings. The molecule has 1 atom stereocenters. The number of carboxylic acid groups (broad SMARTS) is 1. The second-order valence-corrected chi connectivity index (χ2v) is 6.69. The Kier molecular flexibility index (Phi) is 5.31. The number of piperidine rings is 1. The van der Waals surface area contributed by atoms with Gasteiger partial charge in [0.2, 0.25) is 0 Å². The minimum absolute atomic E-state index is 0.210. The molecule has 1 fully saturated rings. The Balaban J connectivity index is 1.64. The number of hydrogen-bond donors (Lipinski definition) is 1. The molecule has 5 heteroatoms. The molecule has 0 bridgehead atoms. The van der Waals surface area contributed by atoms with Gasteiger partial charge in [-0.05, 0) is 59.8 Å². The van der Waals surface area contributed by atoms with Crippen molar-refractivity contribution in [2.75, 3.05) is 19.6 Å². The van der Waals surface area contributed by atoms with Crippen molar-refractivity contribution < 1.29 is 14.3 Å². The van der Waals surface area contributed by atoms with Gasteiger partial charge in [-0.2, -0.15) is 11.3 Å². The van der Waals surface area contributed by atoms with Crippen LogP contribution in [-0.4, -0.2) is 35.6 Å². The largest absolute Gasteiger partial charge is 0.481 e. The zero-order valence-electron chi connectivity index (χ0n) is 13.0. The van der Waals surface area contributed by atoms with Crippen LogP contribution in [0.25, 0.3) is 5.57 Å². The summed E-state index contributed by atoms with van der Waals surface area (Å²) in [5.41, 5.74) is 3.48. The SMILES string of the molecule is O=C(O)C1CCCN(CC/C=C(/c2ccoc2)c2ccsc2)C1. The lowest BCUT2D eigenvalue weighted by Crippen LogP contribution is -2.39. The molecule has 0 aromatic carbocycles. The van der Waals surface area contributed by atoms with Crippen LogP contribution in [0.3, 0.4) is 0 Å². The molecule has 3 rings (SSSR count). The summed E-state index contributed by atoms with van der Waals surface area (Å²) in [4.78, 5) is 13.4. The summed E-state index contributed by atoms with van der Waals surface area (Å²) in [5, 5.41) is 13.4. The molecule has 1 aliphatic rings. The van der Waals surface area contributed by atoms with E-state index in [2.05, 4.69) is 27.8 Å². The molecule has 1 saturated heterocycles. The van der Waals surface area contributed by atoms with Gasteiger partial charge in [-0.15, -0.1) is 0 Å². The fourth-order valence-corrected chi connectivity index (χ4v) is 3.75. The molecule has 122 valence electrons. The molecule has 23 heavy (non-hydrogen) atoms.